The number of hydrogen-bond donors (Lipinski definition) is 1. The van der Waals surface area contributed by atoms with Crippen molar-refractivity contribution in [3.05, 3.63) is 0 Å². The van der Waals surface area contributed by atoms with Gasteiger partial charge in [0.15, 0.2) is 0 Å². The predicted molar refractivity (Wildman–Crippen MR) is 63.6 cm³/mol. The number of hydrogen-bond acceptors (Lipinski definition) is 2. The fourth-order valence-electron chi connectivity index (χ4n) is 2.08. The Morgan fingerprint density at radius 1 is 1.47 bits per heavy atom. The Hall–Kier alpha value is -0.520. The van der Waals surface area contributed by atoms with Crippen LogP contribution in [-0.2, 0) is 4.74 Å². The fraction of sp³-hybridized carbons (Fsp3) is 0.846. The van der Waals surface area contributed by atoms with Crippen LogP contribution in [0.15, 0.2) is 0 Å². The second-order valence-corrected chi connectivity index (χ2v) is 4.85. The molecule has 2 heteroatoms. The molecule has 1 aliphatic rings. The first-order valence-corrected chi connectivity index (χ1v) is 5.94. The van der Waals surface area contributed by atoms with E-state index in [1.807, 2.05) is 0 Å². The Morgan fingerprint density at radius 3 is 2.80 bits per heavy atom. The van der Waals surface area contributed by atoms with Crippen molar-refractivity contribution in [2.24, 2.45) is 5.92 Å². The van der Waals surface area contributed by atoms with Crippen LogP contribution >= 0.6 is 0 Å². The molecule has 0 aromatic rings. The highest BCUT2D eigenvalue weighted by atomic mass is 16.5. The molecule has 1 saturated heterocycles. The summed E-state index contributed by atoms with van der Waals surface area (Å²) in [5.74, 6) is 3.31. The van der Waals surface area contributed by atoms with Gasteiger partial charge in [-0.25, -0.2) is 0 Å². The molecule has 0 aromatic carbocycles. The van der Waals surface area contributed by atoms with E-state index >= 15 is 0 Å². The number of rotatable bonds is 4. The minimum absolute atomic E-state index is 0.411. The van der Waals surface area contributed by atoms with Crippen molar-refractivity contribution in [3.8, 4) is 12.3 Å². The second-order valence-electron chi connectivity index (χ2n) is 4.85. The van der Waals surface area contributed by atoms with E-state index in [0.29, 0.717) is 24.1 Å². The molecular formula is C13H23NO. The van der Waals surface area contributed by atoms with Crippen LogP contribution in [0.4, 0.5) is 0 Å². The van der Waals surface area contributed by atoms with Gasteiger partial charge in [0.2, 0.25) is 0 Å². The summed E-state index contributed by atoms with van der Waals surface area (Å²) in [7, 11) is 0. The van der Waals surface area contributed by atoms with Crippen LogP contribution in [0.25, 0.3) is 0 Å². The van der Waals surface area contributed by atoms with E-state index in [9.17, 15) is 0 Å². The Kier molecular flexibility index (Phi) is 5.14. The molecule has 1 aliphatic heterocycles. The smallest absolute Gasteiger partial charge is 0.0612 e. The van der Waals surface area contributed by atoms with Crippen molar-refractivity contribution in [1.29, 1.82) is 0 Å². The topological polar surface area (TPSA) is 21.3 Å². The first-order chi connectivity index (χ1) is 7.13. The lowest BCUT2D eigenvalue weighted by Gasteiger charge is -2.33. The van der Waals surface area contributed by atoms with Crippen molar-refractivity contribution in [1.82, 2.24) is 5.32 Å². The average Bonchev–Trinajstić information content (AvgIpc) is 2.18. The molecule has 0 aliphatic carbocycles. The van der Waals surface area contributed by atoms with E-state index in [2.05, 4.69) is 32.0 Å². The van der Waals surface area contributed by atoms with Gasteiger partial charge in [-0.2, -0.15) is 0 Å². The van der Waals surface area contributed by atoms with Gasteiger partial charge in [-0.3, -0.25) is 0 Å². The van der Waals surface area contributed by atoms with Gasteiger partial charge in [0.25, 0.3) is 0 Å². The minimum atomic E-state index is 0.411. The first-order valence-electron chi connectivity index (χ1n) is 5.94. The summed E-state index contributed by atoms with van der Waals surface area (Å²) in [5, 5.41) is 3.58. The Bertz CT molecular complexity index is 219. The van der Waals surface area contributed by atoms with E-state index in [1.165, 1.54) is 0 Å². The third-order valence-corrected chi connectivity index (χ3v) is 3.00. The number of terminal acetylenes is 1. The summed E-state index contributed by atoms with van der Waals surface area (Å²) < 4.78 is 5.73. The lowest BCUT2D eigenvalue weighted by molar-refractivity contribution is -0.0255. The molecule has 0 saturated carbocycles. The normalized spacial score (nSPS) is 28.7. The molecule has 0 spiro atoms. The van der Waals surface area contributed by atoms with E-state index in [1.54, 1.807) is 0 Å². The highest BCUT2D eigenvalue weighted by Gasteiger charge is 2.25. The Morgan fingerprint density at radius 2 is 2.20 bits per heavy atom. The van der Waals surface area contributed by atoms with Crippen molar-refractivity contribution in [3.63, 3.8) is 0 Å². The summed E-state index contributed by atoms with van der Waals surface area (Å²) in [4.78, 5) is 0. The van der Waals surface area contributed by atoms with Gasteiger partial charge >= 0.3 is 0 Å². The Balaban J connectivity index is 2.33. The molecule has 1 rings (SSSR count). The average molecular weight is 209 g/mol. The molecule has 3 unspecified atom stereocenters. The maximum absolute atomic E-state index is 5.73. The van der Waals surface area contributed by atoms with Crippen LogP contribution in [0.3, 0.4) is 0 Å². The van der Waals surface area contributed by atoms with Gasteiger partial charge in [0, 0.05) is 25.1 Å². The molecule has 0 amide bonds. The van der Waals surface area contributed by atoms with Gasteiger partial charge < -0.3 is 10.1 Å². The molecule has 1 N–H and O–H groups in total. The fourth-order valence-corrected chi connectivity index (χ4v) is 2.08. The monoisotopic (exact) mass is 209 g/mol. The van der Waals surface area contributed by atoms with Gasteiger partial charge in [-0.1, -0.05) is 13.8 Å². The molecule has 86 valence electrons. The third-order valence-electron chi connectivity index (χ3n) is 3.00. The summed E-state index contributed by atoms with van der Waals surface area (Å²) in [6, 6.07) is 1.00. The quantitative estimate of drug-likeness (QED) is 0.717. The van der Waals surface area contributed by atoms with Crippen LogP contribution in [0.2, 0.25) is 0 Å². The zero-order chi connectivity index (χ0) is 11.3. The molecule has 3 atom stereocenters. The zero-order valence-electron chi connectivity index (χ0n) is 10.1. The molecule has 0 aromatic heterocycles. The lowest BCUT2D eigenvalue weighted by atomic mass is 9.95. The number of nitrogens with one attached hydrogen (secondary N) is 1. The van der Waals surface area contributed by atoms with Crippen molar-refractivity contribution in [2.75, 3.05) is 6.61 Å². The molecule has 0 bridgehead atoms. The van der Waals surface area contributed by atoms with Gasteiger partial charge in [-0.05, 0) is 25.7 Å². The van der Waals surface area contributed by atoms with Crippen LogP contribution in [0.1, 0.15) is 40.0 Å². The highest BCUT2D eigenvalue weighted by molar-refractivity contribution is 4.90. The van der Waals surface area contributed by atoms with Gasteiger partial charge in [-0.15, -0.1) is 12.3 Å². The first kappa shape index (κ1) is 12.5. The number of ether oxygens (including phenoxy) is 1. The van der Waals surface area contributed by atoms with Crippen LogP contribution < -0.4 is 5.32 Å². The molecule has 1 heterocycles. The lowest BCUT2D eigenvalue weighted by Crippen LogP contribution is -2.44. The molecule has 2 nitrogen and oxygen atoms in total. The van der Waals surface area contributed by atoms with Crippen molar-refractivity contribution < 1.29 is 4.74 Å². The van der Waals surface area contributed by atoms with Gasteiger partial charge in [0.05, 0.1) is 6.10 Å². The standard InChI is InChI=1S/C13H23NO/c1-5-6-11(4)14-12-7-8-15-13(9-12)10(2)3/h1,10-14H,6-9H2,2-4H3. The van der Waals surface area contributed by atoms with E-state index in [0.717, 1.165) is 25.9 Å². The van der Waals surface area contributed by atoms with Gasteiger partial charge in [0.1, 0.15) is 0 Å². The van der Waals surface area contributed by atoms with E-state index in [-0.39, 0.29) is 0 Å². The van der Waals surface area contributed by atoms with Crippen LogP contribution in [-0.4, -0.2) is 24.8 Å². The minimum Gasteiger partial charge on any atom is -0.378 e. The van der Waals surface area contributed by atoms with E-state index in [4.69, 9.17) is 11.2 Å². The molecule has 0 radical (unpaired) electrons. The summed E-state index contributed by atoms with van der Waals surface area (Å²) in [6.45, 7) is 7.47. The summed E-state index contributed by atoms with van der Waals surface area (Å²) >= 11 is 0. The Labute approximate surface area is 93.8 Å². The largest absolute Gasteiger partial charge is 0.378 e. The highest BCUT2D eigenvalue weighted by Crippen LogP contribution is 2.20. The van der Waals surface area contributed by atoms with Crippen molar-refractivity contribution in [2.45, 2.75) is 58.2 Å². The van der Waals surface area contributed by atoms with Crippen LogP contribution in [0, 0.1) is 18.3 Å². The predicted octanol–water partition coefficient (Wildman–Crippen LogP) is 2.19. The molecule has 1 fully saturated rings. The maximum atomic E-state index is 5.73. The third kappa shape index (κ3) is 4.24. The van der Waals surface area contributed by atoms with E-state index < -0.39 is 0 Å². The second kappa shape index (κ2) is 6.15. The SMILES string of the molecule is C#CCC(C)NC1CCOC(C(C)C)C1. The maximum Gasteiger partial charge on any atom is 0.0612 e. The molecule has 15 heavy (non-hydrogen) atoms. The zero-order valence-corrected chi connectivity index (χ0v) is 10.1. The van der Waals surface area contributed by atoms with Crippen LogP contribution in [0.5, 0.6) is 0 Å². The summed E-state index contributed by atoms with van der Waals surface area (Å²) in [6.07, 6.45) is 8.74. The van der Waals surface area contributed by atoms with Crippen molar-refractivity contribution >= 4 is 0 Å². The summed E-state index contributed by atoms with van der Waals surface area (Å²) in [5.41, 5.74) is 0. The molecular weight excluding hydrogens is 186 g/mol.